The second-order valence-electron chi connectivity index (χ2n) is 7.59. The number of piperazine rings is 1. The highest BCUT2D eigenvalue weighted by Gasteiger charge is 2.25. The van der Waals surface area contributed by atoms with Crippen molar-refractivity contribution in [1.82, 2.24) is 15.0 Å². The zero-order valence-corrected chi connectivity index (χ0v) is 17.9. The molecule has 32 heavy (non-hydrogen) atoms. The highest BCUT2D eigenvalue weighted by Crippen LogP contribution is 2.27. The number of hydrogen-bond acceptors (Lipinski definition) is 9. The molecule has 10 nitrogen and oxygen atoms in total. The maximum atomic E-state index is 12.2. The number of methoxy groups -OCH3 is 1. The molecular formula is C22H23N5O5. The molecule has 4 rings (SSSR count). The lowest BCUT2D eigenvalue weighted by Gasteiger charge is -2.36. The highest BCUT2D eigenvalue weighted by molar-refractivity contribution is 5.96. The molecule has 0 radical (unpaired) electrons. The molecule has 1 fully saturated rings. The molecule has 3 aromatic rings. The van der Waals surface area contributed by atoms with E-state index in [9.17, 15) is 14.9 Å². The van der Waals surface area contributed by atoms with Crippen LogP contribution in [0.1, 0.15) is 21.8 Å². The number of carbonyl (C=O) groups excluding carboxylic acids is 1. The van der Waals surface area contributed by atoms with Crippen molar-refractivity contribution in [2.45, 2.75) is 13.5 Å². The third kappa shape index (κ3) is 4.59. The molecule has 166 valence electrons. The fourth-order valence-corrected chi connectivity index (χ4v) is 3.66. The number of ether oxygens (including phenoxy) is 1. The number of nitro groups is 1. The quantitative estimate of drug-likeness (QED) is 0.326. The van der Waals surface area contributed by atoms with Crippen LogP contribution in [0.25, 0.3) is 11.4 Å². The van der Waals surface area contributed by atoms with Gasteiger partial charge in [-0.3, -0.25) is 15.0 Å². The normalized spacial score (nSPS) is 14.4. The van der Waals surface area contributed by atoms with E-state index in [1.165, 1.54) is 24.8 Å². The monoisotopic (exact) mass is 437 g/mol. The summed E-state index contributed by atoms with van der Waals surface area (Å²) in [7, 11) is 1.26. The van der Waals surface area contributed by atoms with Crippen LogP contribution in [0.4, 0.5) is 11.4 Å². The Balaban J connectivity index is 1.41. The minimum atomic E-state index is -0.597. The zero-order valence-electron chi connectivity index (χ0n) is 17.9. The molecule has 0 unspecified atom stereocenters. The van der Waals surface area contributed by atoms with E-state index in [1.807, 2.05) is 36.1 Å². The molecule has 0 N–H and O–H groups in total. The van der Waals surface area contributed by atoms with Crippen molar-refractivity contribution in [2.75, 3.05) is 38.2 Å². The average Bonchev–Trinajstić information content (AvgIpc) is 3.27. The molecule has 1 aliphatic heterocycles. The Morgan fingerprint density at radius 2 is 1.88 bits per heavy atom. The van der Waals surface area contributed by atoms with Gasteiger partial charge in [-0.15, -0.1) is 0 Å². The van der Waals surface area contributed by atoms with Gasteiger partial charge in [0.25, 0.3) is 5.69 Å². The van der Waals surface area contributed by atoms with Crippen LogP contribution in [0.5, 0.6) is 0 Å². The van der Waals surface area contributed by atoms with Crippen molar-refractivity contribution in [1.29, 1.82) is 0 Å². The van der Waals surface area contributed by atoms with Crippen LogP contribution in [0, 0.1) is 17.0 Å². The van der Waals surface area contributed by atoms with Gasteiger partial charge < -0.3 is 14.2 Å². The number of hydrogen-bond donors (Lipinski definition) is 0. The molecule has 0 aliphatic carbocycles. The number of aryl methyl sites for hydroxylation is 1. The van der Waals surface area contributed by atoms with Crippen molar-refractivity contribution in [3.8, 4) is 11.4 Å². The first-order chi connectivity index (χ1) is 15.4. The predicted octanol–water partition coefficient (Wildman–Crippen LogP) is 3.06. The van der Waals surface area contributed by atoms with Gasteiger partial charge in [0.1, 0.15) is 0 Å². The van der Waals surface area contributed by atoms with Gasteiger partial charge in [0, 0.05) is 43.9 Å². The summed E-state index contributed by atoms with van der Waals surface area (Å²) in [4.78, 5) is 31.5. The summed E-state index contributed by atoms with van der Waals surface area (Å²) in [6, 6.07) is 12.2. The summed E-state index contributed by atoms with van der Waals surface area (Å²) < 4.78 is 10.2. The van der Waals surface area contributed by atoms with E-state index in [0.29, 0.717) is 50.1 Å². The number of rotatable bonds is 6. The molecule has 2 heterocycles. The first-order valence-corrected chi connectivity index (χ1v) is 10.2. The first kappa shape index (κ1) is 21.4. The van der Waals surface area contributed by atoms with E-state index in [1.54, 1.807) is 6.07 Å². The van der Waals surface area contributed by atoms with Gasteiger partial charge in [-0.25, -0.2) is 4.79 Å². The molecule has 2 aromatic carbocycles. The molecule has 0 amide bonds. The second-order valence-corrected chi connectivity index (χ2v) is 7.59. The smallest absolute Gasteiger partial charge is 0.340 e. The third-order valence-corrected chi connectivity index (χ3v) is 5.45. The van der Waals surface area contributed by atoms with Gasteiger partial charge in [0.05, 0.1) is 29.8 Å². The summed E-state index contributed by atoms with van der Waals surface area (Å²) in [5, 5.41) is 15.2. The Morgan fingerprint density at radius 1 is 1.16 bits per heavy atom. The Morgan fingerprint density at radius 3 is 2.53 bits per heavy atom. The summed E-state index contributed by atoms with van der Waals surface area (Å²) in [5.41, 5.74) is 2.74. The van der Waals surface area contributed by atoms with Gasteiger partial charge >= 0.3 is 5.97 Å². The number of esters is 1. The van der Waals surface area contributed by atoms with Crippen LogP contribution < -0.4 is 4.90 Å². The maximum absolute atomic E-state index is 12.2. The van der Waals surface area contributed by atoms with Crippen molar-refractivity contribution >= 4 is 17.3 Å². The van der Waals surface area contributed by atoms with Crippen LogP contribution in [-0.4, -0.2) is 59.2 Å². The first-order valence-electron chi connectivity index (χ1n) is 10.2. The topological polar surface area (TPSA) is 115 Å². The summed E-state index contributed by atoms with van der Waals surface area (Å²) in [6.45, 7) is 5.24. The van der Waals surface area contributed by atoms with E-state index in [0.717, 1.165) is 5.56 Å². The number of non-ortho nitro benzene ring substituents is 1. The SMILES string of the molecule is COC(=O)c1cc([N+](=O)[O-])ccc1N1CCN(Cc2nc(-c3ccc(C)cc3)no2)CC1. The van der Waals surface area contributed by atoms with Crippen LogP contribution in [0.3, 0.4) is 0 Å². The third-order valence-electron chi connectivity index (χ3n) is 5.45. The Hall–Kier alpha value is -3.79. The fraction of sp³-hybridized carbons (Fsp3) is 0.318. The summed E-state index contributed by atoms with van der Waals surface area (Å²) in [5.74, 6) is 0.507. The molecule has 1 saturated heterocycles. The van der Waals surface area contributed by atoms with Crippen LogP contribution in [0.2, 0.25) is 0 Å². The van der Waals surface area contributed by atoms with Crippen molar-refractivity contribution < 1.29 is 19.0 Å². The number of nitro benzene ring substituents is 1. The molecule has 1 aromatic heterocycles. The number of carbonyl (C=O) groups is 1. The molecule has 10 heteroatoms. The fourth-order valence-electron chi connectivity index (χ4n) is 3.66. The van der Waals surface area contributed by atoms with E-state index in [-0.39, 0.29) is 11.3 Å². The molecule has 0 atom stereocenters. The highest BCUT2D eigenvalue weighted by atomic mass is 16.6. The van der Waals surface area contributed by atoms with E-state index in [4.69, 9.17) is 9.26 Å². The molecule has 0 bridgehead atoms. The Labute approximate surface area is 184 Å². The van der Waals surface area contributed by atoms with E-state index in [2.05, 4.69) is 15.0 Å². The number of nitrogens with zero attached hydrogens (tertiary/aromatic N) is 5. The molecular weight excluding hydrogens is 414 g/mol. The maximum Gasteiger partial charge on any atom is 0.340 e. The van der Waals surface area contributed by atoms with Gasteiger partial charge in [-0.2, -0.15) is 4.98 Å². The zero-order chi connectivity index (χ0) is 22.7. The van der Waals surface area contributed by atoms with Crippen LogP contribution >= 0.6 is 0 Å². The lowest BCUT2D eigenvalue weighted by atomic mass is 10.1. The summed E-state index contributed by atoms with van der Waals surface area (Å²) >= 11 is 0. The van der Waals surface area contributed by atoms with Gasteiger partial charge in [0.2, 0.25) is 11.7 Å². The molecule has 0 spiro atoms. The minimum Gasteiger partial charge on any atom is -0.465 e. The van der Waals surface area contributed by atoms with Crippen molar-refractivity contribution in [3.63, 3.8) is 0 Å². The van der Waals surface area contributed by atoms with Gasteiger partial charge in [0.15, 0.2) is 0 Å². The molecule has 1 aliphatic rings. The van der Waals surface area contributed by atoms with Gasteiger partial charge in [-0.1, -0.05) is 35.0 Å². The van der Waals surface area contributed by atoms with E-state index < -0.39 is 10.9 Å². The average molecular weight is 437 g/mol. The lowest BCUT2D eigenvalue weighted by Crippen LogP contribution is -2.46. The number of benzene rings is 2. The van der Waals surface area contributed by atoms with E-state index >= 15 is 0 Å². The standard InChI is InChI=1S/C22H23N5O5/c1-15-3-5-16(6-4-15)21-23-20(32-24-21)14-25-9-11-26(12-10-25)19-8-7-17(27(29)30)13-18(19)22(28)31-2/h3-8,13H,9-12,14H2,1-2H3. The number of anilines is 1. The number of aromatic nitrogens is 2. The lowest BCUT2D eigenvalue weighted by molar-refractivity contribution is -0.384. The minimum absolute atomic E-state index is 0.145. The van der Waals surface area contributed by atoms with Crippen LogP contribution in [0.15, 0.2) is 47.0 Å². The van der Waals surface area contributed by atoms with Crippen molar-refractivity contribution in [2.24, 2.45) is 0 Å². The largest absolute Gasteiger partial charge is 0.465 e. The van der Waals surface area contributed by atoms with Crippen molar-refractivity contribution in [3.05, 3.63) is 69.6 Å². The second kappa shape index (κ2) is 9.15. The van der Waals surface area contributed by atoms with Gasteiger partial charge in [-0.05, 0) is 13.0 Å². The Kier molecular flexibility index (Phi) is 6.13. The molecule has 0 saturated carbocycles. The Bertz CT molecular complexity index is 1120. The van der Waals surface area contributed by atoms with Crippen LogP contribution in [-0.2, 0) is 11.3 Å². The predicted molar refractivity (Wildman–Crippen MR) is 116 cm³/mol. The summed E-state index contributed by atoms with van der Waals surface area (Å²) in [6.07, 6.45) is 0.